The van der Waals surface area contributed by atoms with Crippen LogP contribution in [0.1, 0.15) is 39.7 Å². The lowest BCUT2D eigenvalue weighted by atomic mass is 9.99. The minimum atomic E-state index is -0.590. The molecule has 9 nitrogen and oxygen atoms in total. The van der Waals surface area contributed by atoms with Gasteiger partial charge in [-0.05, 0) is 83.6 Å². The fourth-order valence-corrected chi connectivity index (χ4v) is 5.85. The van der Waals surface area contributed by atoms with Gasteiger partial charge in [0, 0.05) is 56.3 Å². The van der Waals surface area contributed by atoms with Gasteiger partial charge in [-0.15, -0.1) is 0 Å². The number of aromatic hydroxyl groups is 1. The molecule has 1 amide bonds. The van der Waals surface area contributed by atoms with Gasteiger partial charge in [0.05, 0.1) is 5.02 Å². The van der Waals surface area contributed by atoms with Gasteiger partial charge in [-0.25, -0.2) is 14.2 Å². The van der Waals surface area contributed by atoms with Gasteiger partial charge in [0.25, 0.3) is 0 Å². The van der Waals surface area contributed by atoms with E-state index in [0.717, 1.165) is 13.1 Å². The molecule has 2 saturated heterocycles. The van der Waals surface area contributed by atoms with Gasteiger partial charge in [-0.3, -0.25) is 0 Å². The highest BCUT2D eigenvalue weighted by Crippen LogP contribution is 2.40. The van der Waals surface area contributed by atoms with Crippen LogP contribution in [0.4, 0.5) is 21.0 Å². The number of fused-ring (bicyclic) bond motifs is 1. The Labute approximate surface area is 269 Å². The maximum Gasteiger partial charge on any atom is 0.410 e. The zero-order valence-electron chi connectivity index (χ0n) is 26.8. The van der Waals surface area contributed by atoms with Crippen LogP contribution in [-0.4, -0.2) is 96.0 Å². The number of allylic oxidation sites excluding steroid dienone is 3. The van der Waals surface area contributed by atoms with E-state index < -0.39 is 11.4 Å². The predicted octanol–water partition coefficient (Wildman–Crippen LogP) is 6.58. The van der Waals surface area contributed by atoms with Crippen molar-refractivity contribution in [2.24, 2.45) is 0 Å². The molecular formula is C34H42ClFN6O3. The number of likely N-dealkylation sites (N-methyl/N-ethyl adjacent to an activating group) is 1. The Balaban J connectivity index is 1.58. The third-order valence-corrected chi connectivity index (χ3v) is 8.29. The van der Waals surface area contributed by atoms with Gasteiger partial charge in [0.1, 0.15) is 22.7 Å². The molecule has 2 aliphatic rings. The molecule has 3 heterocycles. The van der Waals surface area contributed by atoms with Crippen molar-refractivity contribution in [3.05, 3.63) is 58.9 Å². The Morgan fingerprint density at radius 3 is 2.51 bits per heavy atom. The largest absolute Gasteiger partial charge is 0.508 e. The highest BCUT2D eigenvalue weighted by molar-refractivity contribution is 6.34. The van der Waals surface area contributed by atoms with E-state index in [1.54, 1.807) is 23.1 Å². The first-order chi connectivity index (χ1) is 21.3. The van der Waals surface area contributed by atoms with E-state index in [-0.39, 0.29) is 27.9 Å². The molecule has 0 aliphatic carbocycles. The summed E-state index contributed by atoms with van der Waals surface area (Å²) in [7, 11) is 4.07. The van der Waals surface area contributed by atoms with Crippen LogP contribution in [0.2, 0.25) is 5.02 Å². The topological polar surface area (TPSA) is 85.3 Å². The minimum Gasteiger partial charge on any atom is -0.508 e. The first-order valence-corrected chi connectivity index (χ1v) is 15.7. The molecule has 0 radical (unpaired) electrons. The number of nitrogens with zero attached hydrogens (tertiary/aromatic N) is 6. The van der Waals surface area contributed by atoms with Crippen molar-refractivity contribution in [1.29, 1.82) is 0 Å². The molecule has 0 saturated carbocycles. The summed E-state index contributed by atoms with van der Waals surface area (Å²) in [6.45, 7) is 11.0. The summed E-state index contributed by atoms with van der Waals surface area (Å²) in [5.41, 5.74) is 0.884. The summed E-state index contributed by atoms with van der Waals surface area (Å²) in [6, 6.07) is 6.96. The quantitative estimate of drug-likeness (QED) is 0.304. The van der Waals surface area contributed by atoms with Crippen LogP contribution in [0.25, 0.3) is 28.1 Å². The third-order valence-electron chi connectivity index (χ3n) is 7.99. The summed E-state index contributed by atoms with van der Waals surface area (Å²) >= 11 is 6.83. The number of hydrogen-bond donors (Lipinski definition) is 1. The number of carbonyl (C=O) groups excluding carboxylic acids is 1. The van der Waals surface area contributed by atoms with Crippen molar-refractivity contribution in [3.63, 3.8) is 0 Å². The normalized spacial score (nSPS) is 16.7. The number of carbonyl (C=O) groups is 1. The number of ether oxygens (including phenoxy) is 1. The molecule has 240 valence electrons. The number of rotatable bonds is 6. The van der Waals surface area contributed by atoms with Crippen molar-refractivity contribution in [2.45, 2.75) is 45.8 Å². The van der Waals surface area contributed by atoms with E-state index in [0.29, 0.717) is 66.9 Å². The van der Waals surface area contributed by atoms with Crippen LogP contribution in [0, 0.1) is 5.82 Å². The number of halogens is 2. The van der Waals surface area contributed by atoms with E-state index in [2.05, 4.69) is 9.80 Å². The molecule has 45 heavy (non-hydrogen) atoms. The van der Waals surface area contributed by atoms with Gasteiger partial charge in [-0.1, -0.05) is 35.9 Å². The van der Waals surface area contributed by atoms with E-state index in [1.807, 2.05) is 71.0 Å². The molecule has 2 aliphatic heterocycles. The van der Waals surface area contributed by atoms with Crippen LogP contribution in [0.5, 0.6) is 5.75 Å². The molecule has 11 heteroatoms. The fraction of sp³-hybridized carbons (Fsp3) is 0.441. The summed E-state index contributed by atoms with van der Waals surface area (Å²) in [4.78, 5) is 30.6. The summed E-state index contributed by atoms with van der Waals surface area (Å²) < 4.78 is 22.3. The summed E-state index contributed by atoms with van der Waals surface area (Å²) in [6.07, 6.45) is 7.79. The van der Waals surface area contributed by atoms with E-state index in [1.165, 1.54) is 6.07 Å². The minimum absolute atomic E-state index is 0.00155. The predicted molar refractivity (Wildman–Crippen MR) is 180 cm³/mol. The van der Waals surface area contributed by atoms with Gasteiger partial charge >= 0.3 is 6.09 Å². The van der Waals surface area contributed by atoms with Crippen molar-refractivity contribution in [1.82, 2.24) is 19.8 Å². The molecule has 0 bridgehead atoms. The van der Waals surface area contributed by atoms with Gasteiger partial charge < -0.3 is 29.4 Å². The van der Waals surface area contributed by atoms with Gasteiger partial charge in [0.15, 0.2) is 5.82 Å². The molecule has 3 aromatic rings. The average molecular weight is 637 g/mol. The standard InChI is InChI=1S/C34H42ClFN6O3/c1-7-8-9-11-22-16-23(18-25(43)17-22)28-27(35)19-26-30(29(28)36)37-32(42-20-24(21-42)39(5)6)38-31(26)40-12-10-13-41(15-14-40)33(44)45-34(2,3)4/h7-9,11,16-19,24,43H,10,12-15,20-21H2,1-6H3/b8-7-,11-9-. The van der Waals surface area contributed by atoms with E-state index >= 15 is 4.39 Å². The highest BCUT2D eigenvalue weighted by atomic mass is 35.5. The highest BCUT2D eigenvalue weighted by Gasteiger charge is 2.33. The van der Waals surface area contributed by atoms with Crippen LogP contribution >= 0.6 is 11.6 Å². The lowest BCUT2D eigenvalue weighted by Gasteiger charge is -2.43. The number of hydrogen-bond acceptors (Lipinski definition) is 8. The number of aromatic nitrogens is 2. The Morgan fingerprint density at radius 2 is 1.82 bits per heavy atom. The van der Waals surface area contributed by atoms with Crippen LogP contribution in [0.15, 0.2) is 42.5 Å². The Morgan fingerprint density at radius 1 is 1.07 bits per heavy atom. The van der Waals surface area contributed by atoms with Crippen LogP contribution in [-0.2, 0) is 4.74 Å². The molecule has 0 atom stereocenters. The smallest absolute Gasteiger partial charge is 0.410 e. The summed E-state index contributed by atoms with van der Waals surface area (Å²) in [5.74, 6) is 0.447. The Bertz CT molecular complexity index is 1630. The van der Waals surface area contributed by atoms with E-state index in [4.69, 9.17) is 26.3 Å². The second-order valence-electron chi connectivity index (χ2n) is 12.8. The van der Waals surface area contributed by atoms with Crippen LogP contribution < -0.4 is 9.80 Å². The zero-order valence-corrected chi connectivity index (χ0v) is 27.6. The number of anilines is 2. The molecular weight excluding hydrogens is 595 g/mol. The lowest BCUT2D eigenvalue weighted by Crippen LogP contribution is -2.58. The van der Waals surface area contributed by atoms with Crippen molar-refractivity contribution < 1.29 is 19.0 Å². The van der Waals surface area contributed by atoms with Crippen molar-refractivity contribution >= 4 is 46.4 Å². The first kappa shape index (κ1) is 32.5. The number of phenolic OH excluding ortho intramolecular Hbond substituents is 1. The number of amides is 1. The maximum absolute atomic E-state index is 16.7. The molecule has 1 aromatic heterocycles. The second kappa shape index (κ2) is 13.2. The second-order valence-corrected chi connectivity index (χ2v) is 13.2. The van der Waals surface area contributed by atoms with Crippen molar-refractivity contribution in [2.75, 3.05) is 63.2 Å². The SMILES string of the molecule is C/C=C\C=C/c1cc(O)cc(-c2c(Cl)cc3c(N4CCCN(C(=O)OC(C)(C)C)CC4)nc(N4CC(N(C)C)C4)nc3c2F)c1. The van der Waals surface area contributed by atoms with Gasteiger partial charge in [-0.2, -0.15) is 4.98 Å². The number of phenols is 1. The zero-order chi connectivity index (χ0) is 32.5. The van der Waals surface area contributed by atoms with Crippen molar-refractivity contribution in [3.8, 4) is 16.9 Å². The Kier molecular flexibility index (Phi) is 9.55. The molecule has 5 rings (SSSR count). The lowest BCUT2D eigenvalue weighted by molar-refractivity contribution is 0.0263. The number of benzene rings is 2. The molecule has 2 fully saturated rings. The fourth-order valence-electron chi connectivity index (χ4n) is 5.55. The molecule has 0 unspecified atom stereocenters. The average Bonchev–Trinajstić information content (AvgIpc) is 3.18. The van der Waals surface area contributed by atoms with E-state index in [9.17, 15) is 9.90 Å². The third kappa shape index (κ3) is 7.34. The molecule has 2 aromatic carbocycles. The van der Waals surface area contributed by atoms with Crippen LogP contribution in [0.3, 0.4) is 0 Å². The first-order valence-electron chi connectivity index (χ1n) is 15.3. The Hall–Kier alpha value is -3.89. The maximum atomic E-state index is 16.7. The summed E-state index contributed by atoms with van der Waals surface area (Å²) in [5, 5.41) is 11.2. The van der Waals surface area contributed by atoms with Gasteiger partial charge in [0.2, 0.25) is 5.95 Å². The molecule has 0 spiro atoms. The molecule has 1 N–H and O–H groups in total. The monoisotopic (exact) mass is 636 g/mol.